The summed E-state index contributed by atoms with van der Waals surface area (Å²) in [5.41, 5.74) is 1.04. The van der Waals surface area contributed by atoms with E-state index in [1.165, 1.54) is 0 Å². The highest BCUT2D eigenvalue weighted by atomic mass is 16.6. The van der Waals surface area contributed by atoms with Gasteiger partial charge in [0.2, 0.25) is 0 Å². The zero-order chi connectivity index (χ0) is 20.7. The molecule has 0 spiro atoms. The second kappa shape index (κ2) is 10.4. The number of rotatable bonds is 12. The highest BCUT2D eigenvalue weighted by Crippen LogP contribution is 2.26. The van der Waals surface area contributed by atoms with Crippen molar-refractivity contribution in [1.29, 1.82) is 0 Å². The molecule has 0 bridgehead atoms. The van der Waals surface area contributed by atoms with Crippen molar-refractivity contribution < 1.29 is 24.2 Å². The molecule has 1 aromatic rings. The lowest BCUT2D eigenvalue weighted by Crippen LogP contribution is -2.44. The first-order valence-electron chi connectivity index (χ1n) is 10.1. The molecule has 1 unspecified atom stereocenters. The van der Waals surface area contributed by atoms with Crippen LogP contribution in [0.1, 0.15) is 58.4 Å². The van der Waals surface area contributed by atoms with Crippen LogP contribution in [0, 0.1) is 5.92 Å². The lowest BCUT2D eigenvalue weighted by Gasteiger charge is -2.19. The lowest BCUT2D eigenvalue weighted by molar-refractivity contribution is -0.129. The lowest BCUT2D eigenvalue weighted by atomic mass is 9.97. The van der Waals surface area contributed by atoms with Gasteiger partial charge in [0.1, 0.15) is 5.75 Å². The van der Waals surface area contributed by atoms with E-state index in [-0.39, 0.29) is 29.1 Å². The number of epoxide rings is 1. The summed E-state index contributed by atoms with van der Waals surface area (Å²) in [6.07, 6.45) is 2.00. The number of hydrogen-bond donors (Lipinski definition) is 2. The molecule has 2 N–H and O–H groups in total. The third-order valence-electron chi connectivity index (χ3n) is 4.80. The van der Waals surface area contributed by atoms with E-state index >= 15 is 0 Å². The van der Waals surface area contributed by atoms with Gasteiger partial charge in [-0.05, 0) is 49.3 Å². The number of phenolic OH excluding ortho intramolecular Hbond substituents is 1. The van der Waals surface area contributed by atoms with Crippen molar-refractivity contribution in [3.63, 3.8) is 0 Å². The monoisotopic (exact) mass is 389 g/mol. The van der Waals surface area contributed by atoms with Crippen LogP contribution in [0.5, 0.6) is 5.75 Å². The minimum atomic E-state index is -0.773. The third kappa shape index (κ3) is 6.75. The van der Waals surface area contributed by atoms with Gasteiger partial charge in [-0.2, -0.15) is 0 Å². The predicted molar refractivity (Wildman–Crippen MR) is 106 cm³/mol. The molecule has 0 saturated carbocycles. The fourth-order valence-electron chi connectivity index (χ4n) is 3.24. The average Bonchev–Trinajstić information content (AvgIpc) is 3.43. The number of nitrogens with one attached hydrogen (secondary N) is 1. The molecule has 1 aliphatic rings. The van der Waals surface area contributed by atoms with Gasteiger partial charge in [-0.1, -0.05) is 32.9 Å². The number of hydrogen-bond acceptors (Lipinski definition) is 5. The van der Waals surface area contributed by atoms with Gasteiger partial charge < -0.3 is 15.2 Å². The topological polar surface area (TPSA) is 96.0 Å². The van der Waals surface area contributed by atoms with Crippen LogP contribution in [0.25, 0.3) is 0 Å². The number of carbonyl (C=O) groups is 3. The van der Waals surface area contributed by atoms with E-state index in [0.717, 1.165) is 18.4 Å². The largest absolute Gasteiger partial charge is 0.508 e. The minimum Gasteiger partial charge on any atom is -0.508 e. The molecule has 0 radical (unpaired) electrons. The van der Waals surface area contributed by atoms with Gasteiger partial charge in [0, 0.05) is 12.8 Å². The molecule has 1 aromatic carbocycles. The van der Waals surface area contributed by atoms with Crippen LogP contribution in [0.2, 0.25) is 0 Å². The highest BCUT2D eigenvalue weighted by Gasteiger charge is 2.50. The molecule has 1 aliphatic heterocycles. The van der Waals surface area contributed by atoms with E-state index < -0.39 is 18.2 Å². The Labute approximate surface area is 166 Å². The molecular formula is C22H31NO5. The standard InChI is InChI=1S/C22H31NO5/c1-4-6-18(25)17(13-14(2)3)23-22(27)21-20(28-21)19(26)8-5-7-15-9-11-16(24)12-10-15/h9-12,14,17,20-21,24H,4-8,13H2,1-3H3,(H,23,27)/t17-,20+,21?/m0/s1. The van der Waals surface area contributed by atoms with Crippen LogP contribution < -0.4 is 5.32 Å². The Morgan fingerprint density at radius 1 is 1.11 bits per heavy atom. The molecule has 1 saturated heterocycles. The maximum absolute atomic E-state index is 12.4. The second-order valence-corrected chi connectivity index (χ2v) is 7.87. The first kappa shape index (κ1) is 22.1. The van der Waals surface area contributed by atoms with E-state index in [9.17, 15) is 19.5 Å². The summed E-state index contributed by atoms with van der Waals surface area (Å²) in [5.74, 6) is 0.0741. The molecule has 28 heavy (non-hydrogen) atoms. The Morgan fingerprint density at radius 2 is 1.79 bits per heavy atom. The SMILES string of the molecule is CCCC(=O)[C@H](CC(C)C)NC(=O)C1O[C@@H]1C(=O)CCCc1ccc(O)cc1. The van der Waals surface area contributed by atoms with Gasteiger partial charge in [-0.3, -0.25) is 14.4 Å². The fraction of sp³-hybridized carbons (Fsp3) is 0.591. The van der Waals surface area contributed by atoms with Gasteiger partial charge in [-0.15, -0.1) is 0 Å². The van der Waals surface area contributed by atoms with Crippen LogP contribution in [0.4, 0.5) is 0 Å². The van der Waals surface area contributed by atoms with E-state index in [1.54, 1.807) is 12.1 Å². The van der Waals surface area contributed by atoms with Crippen molar-refractivity contribution in [2.75, 3.05) is 0 Å². The van der Waals surface area contributed by atoms with Crippen molar-refractivity contribution >= 4 is 17.5 Å². The molecule has 1 fully saturated rings. The zero-order valence-corrected chi connectivity index (χ0v) is 16.9. The number of amides is 1. The molecule has 1 amide bonds. The Hall–Kier alpha value is -2.21. The Kier molecular flexibility index (Phi) is 8.18. The van der Waals surface area contributed by atoms with Gasteiger partial charge in [0.25, 0.3) is 5.91 Å². The number of ether oxygens (including phenoxy) is 1. The number of carbonyl (C=O) groups excluding carboxylic acids is 3. The fourth-order valence-corrected chi connectivity index (χ4v) is 3.24. The van der Waals surface area contributed by atoms with Gasteiger partial charge in [-0.25, -0.2) is 0 Å². The summed E-state index contributed by atoms with van der Waals surface area (Å²) < 4.78 is 5.30. The van der Waals surface area contributed by atoms with Crippen LogP contribution in [0.3, 0.4) is 0 Å². The van der Waals surface area contributed by atoms with Crippen molar-refractivity contribution in [2.24, 2.45) is 5.92 Å². The Bertz CT molecular complexity index is 683. The maximum Gasteiger partial charge on any atom is 0.252 e. The van der Waals surface area contributed by atoms with E-state index in [1.807, 2.05) is 32.9 Å². The summed E-state index contributed by atoms with van der Waals surface area (Å²) in [6, 6.07) is 6.38. The first-order chi connectivity index (χ1) is 13.3. The molecule has 1 heterocycles. The number of Topliss-reactive ketones (excluding diaryl/α,β-unsaturated/α-hetero) is 2. The summed E-state index contributed by atoms with van der Waals surface area (Å²) in [7, 11) is 0. The molecular weight excluding hydrogens is 358 g/mol. The number of benzene rings is 1. The number of aromatic hydroxyl groups is 1. The van der Waals surface area contributed by atoms with E-state index in [0.29, 0.717) is 25.7 Å². The van der Waals surface area contributed by atoms with Crippen molar-refractivity contribution in [1.82, 2.24) is 5.32 Å². The smallest absolute Gasteiger partial charge is 0.252 e. The number of phenols is 1. The summed E-state index contributed by atoms with van der Waals surface area (Å²) >= 11 is 0. The average molecular weight is 389 g/mol. The maximum atomic E-state index is 12.4. The number of aryl methyl sites for hydroxylation is 1. The summed E-state index contributed by atoms with van der Waals surface area (Å²) in [5, 5.41) is 12.1. The molecule has 0 aromatic heterocycles. The minimum absolute atomic E-state index is 0.0296. The van der Waals surface area contributed by atoms with Crippen LogP contribution in [-0.2, 0) is 25.5 Å². The summed E-state index contributed by atoms with van der Waals surface area (Å²) in [6.45, 7) is 5.95. The Morgan fingerprint density at radius 3 is 2.39 bits per heavy atom. The summed E-state index contributed by atoms with van der Waals surface area (Å²) in [4.78, 5) is 36.9. The van der Waals surface area contributed by atoms with Gasteiger partial charge in [0.05, 0.1) is 6.04 Å². The first-order valence-corrected chi connectivity index (χ1v) is 10.1. The zero-order valence-electron chi connectivity index (χ0n) is 16.9. The van der Waals surface area contributed by atoms with Crippen LogP contribution in [-0.4, -0.2) is 40.8 Å². The van der Waals surface area contributed by atoms with Crippen molar-refractivity contribution in [3.8, 4) is 5.75 Å². The van der Waals surface area contributed by atoms with Gasteiger partial charge in [0.15, 0.2) is 23.8 Å². The third-order valence-corrected chi connectivity index (χ3v) is 4.80. The molecule has 3 atom stereocenters. The normalized spacial score (nSPS) is 19.3. The second-order valence-electron chi connectivity index (χ2n) is 7.87. The molecule has 6 heteroatoms. The molecule has 6 nitrogen and oxygen atoms in total. The predicted octanol–water partition coefficient (Wildman–Crippen LogP) is 2.95. The van der Waals surface area contributed by atoms with Gasteiger partial charge >= 0.3 is 0 Å². The molecule has 154 valence electrons. The van der Waals surface area contributed by atoms with E-state index in [4.69, 9.17) is 4.74 Å². The van der Waals surface area contributed by atoms with Crippen molar-refractivity contribution in [2.45, 2.75) is 77.5 Å². The quantitative estimate of drug-likeness (QED) is 0.536. The number of ketones is 2. The van der Waals surface area contributed by atoms with Crippen LogP contribution in [0.15, 0.2) is 24.3 Å². The molecule has 0 aliphatic carbocycles. The van der Waals surface area contributed by atoms with E-state index in [2.05, 4.69) is 5.32 Å². The van der Waals surface area contributed by atoms with Crippen molar-refractivity contribution in [3.05, 3.63) is 29.8 Å². The molecule has 2 rings (SSSR count). The highest BCUT2D eigenvalue weighted by molar-refractivity contribution is 5.98. The van der Waals surface area contributed by atoms with Crippen LogP contribution >= 0.6 is 0 Å². The Balaban J connectivity index is 1.77.